The first-order chi connectivity index (χ1) is 14.1. The van der Waals surface area contributed by atoms with Crippen LogP contribution in [0.2, 0.25) is 0 Å². The van der Waals surface area contributed by atoms with Gasteiger partial charge in [0.15, 0.2) is 5.65 Å². The quantitative estimate of drug-likeness (QED) is 0.518. The van der Waals surface area contributed by atoms with Crippen molar-refractivity contribution in [2.45, 2.75) is 32.2 Å². The van der Waals surface area contributed by atoms with E-state index in [1.807, 2.05) is 30.3 Å². The molecule has 0 bridgehead atoms. The van der Waals surface area contributed by atoms with Gasteiger partial charge >= 0.3 is 0 Å². The third-order valence-electron chi connectivity index (χ3n) is 5.60. The zero-order chi connectivity index (χ0) is 20.0. The van der Waals surface area contributed by atoms with E-state index in [2.05, 4.69) is 0 Å². The lowest BCUT2D eigenvalue weighted by Crippen LogP contribution is -2.28. The maximum atomic E-state index is 13.3. The molecule has 0 fully saturated rings. The molecular weight excluding hydrogens is 382 g/mol. The van der Waals surface area contributed by atoms with Gasteiger partial charge in [0.25, 0.3) is 11.5 Å². The van der Waals surface area contributed by atoms with Crippen molar-refractivity contribution < 1.29 is 4.79 Å². The van der Waals surface area contributed by atoms with Crippen LogP contribution in [0.3, 0.4) is 0 Å². The number of thiophene rings is 1. The van der Waals surface area contributed by atoms with E-state index in [4.69, 9.17) is 4.98 Å². The standard InChI is InChI=1S/C23H21N3O2S/c1-25(14-15-8-3-2-4-9-15)22(27)17-11-7-13-26-20(17)24-21-19(23(26)28)16-10-5-6-12-18(16)29-21/h2-4,7-9,11,13H,5-6,10,12,14H2,1H3. The number of benzene rings is 1. The Morgan fingerprint density at radius 1 is 1.14 bits per heavy atom. The SMILES string of the molecule is CN(Cc1ccccc1)C(=O)c1cccn2c(=O)c3c4c(sc3nc12)CCCC4. The molecule has 3 aromatic heterocycles. The maximum Gasteiger partial charge on any atom is 0.266 e. The molecule has 0 saturated carbocycles. The van der Waals surface area contributed by atoms with Gasteiger partial charge in [-0.25, -0.2) is 4.98 Å². The van der Waals surface area contributed by atoms with Crippen molar-refractivity contribution in [1.29, 1.82) is 0 Å². The van der Waals surface area contributed by atoms with Crippen molar-refractivity contribution in [3.63, 3.8) is 0 Å². The van der Waals surface area contributed by atoms with Gasteiger partial charge in [-0.15, -0.1) is 11.3 Å². The van der Waals surface area contributed by atoms with Crippen LogP contribution < -0.4 is 5.56 Å². The summed E-state index contributed by atoms with van der Waals surface area (Å²) in [5, 5.41) is 0.740. The molecule has 0 unspecified atom stereocenters. The van der Waals surface area contributed by atoms with Crippen LogP contribution in [0, 0.1) is 0 Å². The molecule has 6 heteroatoms. The molecule has 0 atom stereocenters. The van der Waals surface area contributed by atoms with Gasteiger partial charge in [0, 0.05) is 24.7 Å². The number of carbonyl (C=O) groups is 1. The van der Waals surface area contributed by atoms with E-state index < -0.39 is 0 Å². The molecule has 0 radical (unpaired) electrons. The average Bonchev–Trinajstić information content (AvgIpc) is 3.12. The predicted octanol–water partition coefficient (Wildman–Crippen LogP) is 4.06. The molecule has 0 N–H and O–H groups in total. The summed E-state index contributed by atoms with van der Waals surface area (Å²) in [4.78, 5) is 34.9. The molecule has 0 aliphatic heterocycles. The summed E-state index contributed by atoms with van der Waals surface area (Å²) in [5.41, 5.74) is 3.05. The van der Waals surface area contributed by atoms with E-state index in [-0.39, 0.29) is 11.5 Å². The molecule has 29 heavy (non-hydrogen) atoms. The Labute approximate surface area is 172 Å². The first-order valence-corrected chi connectivity index (χ1v) is 10.7. The van der Waals surface area contributed by atoms with Crippen LogP contribution in [0.15, 0.2) is 53.5 Å². The van der Waals surface area contributed by atoms with E-state index in [9.17, 15) is 9.59 Å². The Morgan fingerprint density at radius 2 is 1.93 bits per heavy atom. The summed E-state index contributed by atoms with van der Waals surface area (Å²) >= 11 is 1.61. The van der Waals surface area contributed by atoms with Crippen LogP contribution in [-0.2, 0) is 19.4 Å². The second-order valence-corrected chi connectivity index (χ2v) is 8.65. The molecule has 0 spiro atoms. The van der Waals surface area contributed by atoms with Crippen molar-refractivity contribution in [3.8, 4) is 0 Å². The van der Waals surface area contributed by atoms with E-state index in [0.717, 1.165) is 41.5 Å². The normalized spacial score (nSPS) is 13.6. The average molecular weight is 404 g/mol. The lowest BCUT2D eigenvalue weighted by molar-refractivity contribution is 0.0786. The number of hydrogen-bond donors (Lipinski definition) is 0. The molecule has 3 heterocycles. The number of aromatic nitrogens is 2. The maximum absolute atomic E-state index is 13.3. The molecule has 5 nitrogen and oxygen atoms in total. The summed E-state index contributed by atoms with van der Waals surface area (Å²) in [7, 11) is 1.78. The Kier molecular flexibility index (Phi) is 4.43. The van der Waals surface area contributed by atoms with Gasteiger partial charge in [-0.3, -0.25) is 14.0 Å². The molecule has 1 aliphatic rings. The Hall–Kier alpha value is -2.99. The third kappa shape index (κ3) is 3.04. The number of aryl methyl sites for hydroxylation is 2. The molecular formula is C23H21N3O2S. The van der Waals surface area contributed by atoms with E-state index in [1.54, 1.807) is 41.6 Å². The Balaban J connectivity index is 1.62. The van der Waals surface area contributed by atoms with Crippen LogP contribution in [0.4, 0.5) is 0 Å². The van der Waals surface area contributed by atoms with Crippen molar-refractivity contribution in [2.75, 3.05) is 7.05 Å². The molecule has 146 valence electrons. The summed E-state index contributed by atoms with van der Waals surface area (Å²) in [6, 6.07) is 13.4. The fourth-order valence-corrected chi connectivity index (χ4v) is 5.40. The van der Waals surface area contributed by atoms with E-state index >= 15 is 0 Å². The minimum Gasteiger partial charge on any atom is -0.337 e. The highest BCUT2D eigenvalue weighted by Gasteiger charge is 2.23. The number of pyridine rings is 1. The van der Waals surface area contributed by atoms with Gasteiger partial charge in [0.2, 0.25) is 0 Å². The molecule has 5 rings (SSSR count). The van der Waals surface area contributed by atoms with Gasteiger partial charge in [-0.1, -0.05) is 30.3 Å². The molecule has 0 saturated heterocycles. The second kappa shape index (κ2) is 7.12. The van der Waals surface area contributed by atoms with E-state index in [0.29, 0.717) is 17.8 Å². The zero-order valence-corrected chi connectivity index (χ0v) is 17.0. The Morgan fingerprint density at radius 3 is 2.76 bits per heavy atom. The minimum atomic E-state index is -0.139. The molecule has 1 aliphatic carbocycles. The topological polar surface area (TPSA) is 54.7 Å². The number of carbonyl (C=O) groups excluding carboxylic acids is 1. The van der Waals surface area contributed by atoms with Gasteiger partial charge in [0.05, 0.1) is 10.9 Å². The van der Waals surface area contributed by atoms with Crippen molar-refractivity contribution in [3.05, 3.63) is 80.6 Å². The van der Waals surface area contributed by atoms with Gasteiger partial charge in [-0.2, -0.15) is 0 Å². The zero-order valence-electron chi connectivity index (χ0n) is 16.2. The number of hydrogen-bond acceptors (Lipinski definition) is 4. The summed E-state index contributed by atoms with van der Waals surface area (Å²) in [6.45, 7) is 0.500. The second-order valence-electron chi connectivity index (χ2n) is 7.57. The smallest absolute Gasteiger partial charge is 0.266 e. The predicted molar refractivity (Wildman–Crippen MR) is 116 cm³/mol. The van der Waals surface area contributed by atoms with Gasteiger partial charge in [-0.05, 0) is 48.9 Å². The van der Waals surface area contributed by atoms with Crippen molar-refractivity contribution in [1.82, 2.24) is 14.3 Å². The van der Waals surface area contributed by atoms with Crippen LogP contribution in [0.5, 0.6) is 0 Å². The number of nitrogens with zero attached hydrogens (tertiary/aromatic N) is 3. The highest BCUT2D eigenvalue weighted by Crippen LogP contribution is 2.34. The van der Waals surface area contributed by atoms with E-state index in [1.165, 1.54) is 14.8 Å². The third-order valence-corrected chi connectivity index (χ3v) is 6.79. The lowest BCUT2D eigenvalue weighted by atomic mass is 9.97. The first kappa shape index (κ1) is 18.1. The van der Waals surface area contributed by atoms with Gasteiger partial charge in [0.1, 0.15) is 4.83 Å². The van der Waals surface area contributed by atoms with Crippen molar-refractivity contribution in [2.24, 2.45) is 0 Å². The monoisotopic (exact) mass is 403 g/mol. The summed E-state index contributed by atoms with van der Waals surface area (Å²) in [5.74, 6) is -0.139. The molecule has 1 aromatic carbocycles. The summed E-state index contributed by atoms with van der Waals surface area (Å²) in [6.07, 6.45) is 5.95. The lowest BCUT2D eigenvalue weighted by Gasteiger charge is -2.18. The highest BCUT2D eigenvalue weighted by molar-refractivity contribution is 7.18. The number of amides is 1. The van der Waals surface area contributed by atoms with Crippen LogP contribution in [-0.4, -0.2) is 27.2 Å². The molecule has 4 aromatic rings. The summed E-state index contributed by atoms with van der Waals surface area (Å²) < 4.78 is 1.54. The number of fused-ring (bicyclic) bond motifs is 4. The number of rotatable bonds is 3. The fourth-order valence-electron chi connectivity index (χ4n) is 4.15. The van der Waals surface area contributed by atoms with Crippen LogP contribution >= 0.6 is 11.3 Å². The largest absolute Gasteiger partial charge is 0.337 e. The first-order valence-electron chi connectivity index (χ1n) is 9.88. The van der Waals surface area contributed by atoms with Crippen molar-refractivity contribution >= 4 is 33.1 Å². The Bertz CT molecular complexity index is 1290. The van der Waals surface area contributed by atoms with Gasteiger partial charge < -0.3 is 4.90 Å². The fraction of sp³-hybridized carbons (Fsp3) is 0.261. The minimum absolute atomic E-state index is 0.0650. The van der Waals surface area contributed by atoms with Crippen LogP contribution in [0.25, 0.3) is 15.9 Å². The van der Waals surface area contributed by atoms with Crippen LogP contribution in [0.1, 0.15) is 39.2 Å². The highest BCUT2D eigenvalue weighted by atomic mass is 32.1. The molecule has 1 amide bonds.